The molecule has 0 aliphatic rings. The van der Waals surface area contributed by atoms with Crippen molar-refractivity contribution < 1.29 is 4.79 Å². The van der Waals surface area contributed by atoms with Crippen molar-refractivity contribution in [3.63, 3.8) is 0 Å². The van der Waals surface area contributed by atoms with E-state index in [0.29, 0.717) is 5.69 Å². The average molecular weight is 270 g/mol. The Morgan fingerprint density at radius 3 is 2.80 bits per heavy atom. The van der Waals surface area contributed by atoms with Gasteiger partial charge in [0, 0.05) is 44.8 Å². The molecule has 0 saturated heterocycles. The summed E-state index contributed by atoms with van der Waals surface area (Å²) in [5.74, 6) is -0.429. The summed E-state index contributed by atoms with van der Waals surface area (Å²) in [4.78, 5) is 29.4. The van der Waals surface area contributed by atoms with Crippen LogP contribution in [0.15, 0.2) is 53.9 Å². The van der Waals surface area contributed by atoms with E-state index < -0.39 is 11.2 Å². The lowest BCUT2D eigenvalue weighted by atomic mass is 10.2. The normalized spacial score (nSPS) is 10.7. The van der Waals surface area contributed by atoms with E-state index in [1.807, 2.05) is 0 Å². The lowest BCUT2D eigenvalue weighted by molar-refractivity contribution is 0.103. The van der Waals surface area contributed by atoms with Crippen LogP contribution in [0.4, 0.5) is 0 Å². The van der Waals surface area contributed by atoms with Crippen molar-refractivity contribution in [1.29, 1.82) is 0 Å². The van der Waals surface area contributed by atoms with Crippen molar-refractivity contribution in [2.24, 2.45) is 0 Å². The molecule has 2 rings (SSSR count). The van der Waals surface area contributed by atoms with Crippen molar-refractivity contribution in [3.05, 3.63) is 65.0 Å². The minimum Gasteiger partial charge on any atom is -0.383 e. The van der Waals surface area contributed by atoms with Gasteiger partial charge in [-0.15, -0.1) is 0 Å². The van der Waals surface area contributed by atoms with Gasteiger partial charge >= 0.3 is 0 Å². The third-order valence-corrected chi connectivity index (χ3v) is 2.48. The molecule has 0 aliphatic carbocycles. The molecular formula is C14H14N4O2. The SMILES string of the molecule is CN(C)C=CC(=O)c1nn(-c2cccnc2)ccc1=O. The van der Waals surface area contributed by atoms with E-state index in [-0.39, 0.29) is 5.69 Å². The van der Waals surface area contributed by atoms with E-state index in [9.17, 15) is 9.59 Å². The molecule has 0 unspecified atom stereocenters. The molecule has 20 heavy (non-hydrogen) atoms. The van der Waals surface area contributed by atoms with Gasteiger partial charge in [-0.1, -0.05) is 0 Å². The van der Waals surface area contributed by atoms with Crippen molar-refractivity contribution in [2.75, 3.05) is 14.1 Å². The Morgan fingerprint density at radius 2 is 2.15 bits per heavy atom. The Morgan fingerprint density at radius 1 is 1.35 bits per heavy atom. The zero-order valence-electron chi connectivity index (χ0n) is 11.2. The van der Waals surface area contributed by atoms with Crippen LogP contribution in [0.3, 0.4) is 0 Å². The van der Waals surface area contributed by atoms with Crippen LogP contribution < -0.4 is 5.43 Å². The molecule has 0 amide bonds. The van der Waals surface area contributed by atoms with Gasteiger partial charge in [0.05, 0.1) is 11.9 Å². The highest BCUT2D eigenvalue weighted by Gasteiger charge is 2.10. The number of hydrogen-bond acceptors (Lipinski definition) is 5. The Bertz CT molecular complexity index is 690. The summed E-state index contributed by atoms with van der Waals surface area (Å²) < 4.78 is 1.45. The highest BCUT2D eigenvalue weighted by molar-refractivity contribution is 6.02. The van der Waals surface area contributed by atoms with Crippen LogP contribution in [-0.2, 0) is 0 Å². The molecule has 2 aromatic heterocycles. The topological polar surface area (TPSA) is 68.1 Å². The summed E-state index contributed by atoms with van der Waals surface area (Å²) in [6, 6.07) is 4.85. The Kier molecular flexibility index (Phi) is 4.05. The van der Waals surface area contributed by atoms with Gasteiger partial charge in [-0.25, -0.2) is 4.68 Å². The van der Waals surface area contributed by atoms with Crippen molar-refractivity contribution in [3.8, 4) is 5.69 Å². The summed E-state index contributed by atoms with van der Waals surface area (Å²) >= 11 is 0. The van der Waals surface area contributed by atoms with Crippen LogP contribution in [0.1, 0.15) is 10.5 Å². The molecule has 0 N–H and O–H groups in total. The molecule has 2 heterocycles. The molecule has 0 fully saturated rings. The Balaban J connectivity index is 2.40. The summed E-state index contributed by atoms with van der Waals surface area (Å²) in [7, 11) is 3.58. The lowest BCUT2D eigenvalue weighted by Crippen LogP contribution is -2.20. The number of carbonyl (C=O) groups is 1. The van der Waals surface area contributed by atoms with E-state index in [4.69, 9.17) is 0 Å². The molecule has 0 spiro atoms. The van der Waals surface area contributed by atoms with Gasteiger partial charge in [0.1, 0.15) is 0 Å². The van der Waals surface area contributed by atoms with E-state index in [0.717, 1.165) is 0 Å². The third-order valence-electron chi connectivity index (χ3n) is 2.48. The largest absolute Gasteiger partial charge is 0.383 e. The predicted octanol–water partition coefficient (Wildman–Crippen LogP) is 0.885. The molecule has 102 valence electrons. The minimum absolute atomic E-state index is 0.116. The number of ketones is 1. The fourth-order valence-corrected chi connectivity index (χ4v) is 1.51. The lowest BCUT2D eigenvalue weighted by Gasteiger charge is -2.06. The van der Waals surface area contributed by atoms with Crippen LogP contribution in [0.2, 0.25) is 0 Å². The van der Waals surface area contributed by atoms with E-state index >= 15 is 0 Å². The second-order valence-corrected chi connectivity index (χ2v) is 4.33. The Hall–Kier alpha value is -2.76. The number of pyridine rings is 1. The Labute approximate surface area is 116 Å². The first kappa shape index (κ1) is 13.7. The third kappa shape index (κ3) is 3.17. The molecular weight excluding hydrogens is 256 g/mol. The van der Waals surface area contributed by atoms with E-state index in [2.05, 4.69) is 10.1 Å². The van der Waals surface area contributed by atoms with Gasteiger partial charge in [-0.05, 0) is 12.1 Å². The van der Waals surface area contributed by atoms with E-state index in [1.165, 1.54) is 23.0 Å². The molecule has 2 aromatic rings. The number of allylic oxidation sites excluding steroid dienone is 1. The molecule has 6 heteroatoms. The number of nitrogens with zero attached hydrogens (tertiary/aromatic N) is 4. The van der Waals surface area contributed by atoms with Gasteiger partial charge in [-0.3, -0.25) is 14.6 Å². The molecule has 0 aliphatic heterocycles. The second kappa shape index (κ2) is 5.92. The van der Waals surface area contributed by atoms with Gasteiger partial charge in [-0.2, -0.15) is 5.10 Å². The first-order valence-electron chi connectivity index (χ1n) is 5.97. The maximum atomic E-state index is 11.9. The highest BCUT2D eigenvalue weighted by atomic mass is 16.1. The average Bonchev–Trinajstić information content (AvgIpc) is 2.46. The van der Waals surface area contributed by atoms with Gasteiger partial charge in [0.25, 0.3) is 0 Å². The molecule has 0 atom stereocenters. The quantitative estimate of drug-likeness (QED) is 0.609. The van der Waals surface area contributed by atoms with Crippen molar-refractivity contribution >= 4 is 5.78 Å². The smallest absolute Gasteiger partial charge is 0.211 e. The second-order valence-electron chi connectivity index (χ2n) is 4.33. The molecule has 0 saturated carbocycles. The highest BCUT2D eigenvalue weighted by Crippen LogP contribution is 2.02. The van der Waals surface area contributed by atoms with Gasteiger partial charge in [0.15, 0.2) is 5.69 Å². The maximum Gasteiger partial charge on any atom is 0.211 e. The monoisotopic (exact) mass is 270 g/mol. The summed E-state index contributed by atoms with van der Waals surface area (Å²) in [5, 5.41) is 4.07. The summed E-state index contributed by atoms with van der Waals surface area (Å²) in [6.07, 6.45) is 7.63. The van der Waals surface area contributed by atoms with Crippen LogP contribution in [0.25, 0.3) is 5.69 Å². The van der Waals surface area contributed by atoms with Crippen molar-refractivity contribution in [1.82, 2.24) is 19.7 Å². The maximum absolute atomic E-state index is 11.9. The van der Waals surface area contributed by atoms with Gasteiger partial charge in [0.2, 0.25) is 11.2 Å². The fourth-order valence-electron chi connectivity index (χ4n) is 1.51. The number of carbonyl (C=O) groups excluding carboxylic acids is 1. The number of aromatic nitrogens is 3. The van der Waals surface area contributed by atoms with Crippen LogP contribution >= 0.6 is 0 Å². The molecule has 0 radical (unpaired) electrons. The first-order chi connectivity index (χ1) is 9.58. The molecule has 0 aromatic carbocycles. The molecule has 6 nitrogen and oxygen atoms in total. The fraction of sp³-hybridized carbons (Fsp3) is 0.143. The van der Waals surface area contributed by atoms with Gasteiger partial charge < -0.3 is 4.90 Å². The summed E-state index contributed by atoms with van der Waals surface area (Å²) in [5.41, 5.74) is 0.158. The van der Waals surface area contributed by atoms with Crippen LogP contribution in [-0.4, -0.2) is 39.5 Å². The predicted molar refractivity (Wildman–Crippen MR) is 74.8 cm³/mol. The van der Waals surface area contributed by atoms with E-state index in [1.54, 1.807) is 49.7 Å². The summed E-state index contributed by atoms with van der Waals surface area (Å²) in [6.45, 7) is 0. The number of hydrogen-bond donors (Lipinski definition) is 0. The number of rotatable bonds is 4. The van der Waals surface area contributed by atoms with Crippen LogP contribution in [0.5, 0.6) is 0 Å². The first-order valence-corrected chi connectivity index (χ1v) is 5.97. The van der Waals surface area contributed by atoms with Crippen LogP contribution in [0, 0.1) is 0 Å². The zero-order valence-corrected chi connectivity index (χ0v) is 11.2. The molecule has 0 bridgehead atoms. The zero-order chi connectivity index (χ0) is 14.5. The minimum atomic E-state index is -0.429. The standard InChI is InChI=1S/C14H14N4O2/c1-17(2)8-5-12(19)14-13(20)6-9-18(16-14)11-4-3-7-15-10-11/h3-10H,1-2H3. The van der Waals surface area contributed by atoms with Crippen molar-refractivity contribution in [2.45, 2.75) is 0 Å².